The average molecular weight is 337 g/mol. The van der Waals surface area contributed by atoms with Crippen LogP contribution in [0.4, 0.5) is 0 Å². The first-order valence-corrected chi connectivity index (χ1v) is 8.09. The standard InChI is InChI=1S/C20H19NO4/c1-13(19(22)17-12-21-18-11-7-6-10-16(17)18)25-20(23)14(2)24-15-8-4-3-5-9-15/h3-14,21H,1-2H3/t13-,14-/m0/s1. The summed E-state index contributed by atoms with van der Waals surface area (Å²) >= 11 is 0. The van der Waals surface area contributed by atoms with Crippen LogP contribution in [0.2, 0.25) is 0 Å². The number of ketones is 1. The van der Waals surface area contributed by atoms with Crippen molar-refractivity contribution in [2.24, 2.45) is 0 Å². The van der Waals surface area contributed by atoms with E-state index in [1.165, 1.54) is 0 Å². The number of hydrogen-bond acceptors (Lipinski definition) is 4. The van der Waals surface area contributed by atoms with Gasteiger partial charge in [-0.25, -0.2) is 4.79 Å². The number of esters is 1. The van der Waals surface area contributed by atoms with Gasteiger partial charge in [0.1, 0.15) is 5.75 Å². The Morgan fingerprint density at radius 3 is 2.36 bits per heavy atom. The second-order valence-corrected chi connectivity index (χ2v) is 5.76. The van der Waals surface area contributed by atoms with E-state index in [1.54, 1.807) is 32.2 Å². The van der Waals surface area contributed by atoms with E-state index in [-0.39, 0.29) is 5.78 Å². The lowest BCUT2D eigenvalue weighted by Crippen LogP contribution is -2.32. The number of aromatic nitrogens is 1. The maximum Gasteiger partial charge on any atom is 0.347 e. The summed E-state index contributed by atoms with van der Waals surface area (Å²) in [6, 6.07) is 16.5. The zero-order valence-corrected chi connectivity index (χ0v) is 14.1. The Morgan fingerprint density at radius 2 is 1.60 bits per heavy atom. The minimum Gasteiger partial charge on any atom is -0.479 e. The van der Waals surface area contributed by atoms with E-state index in [2.05, 4.69) is 4.98 Å². The summed E-state index contributed by atoms with van der Waals surface area (Å²) < 4.78 is 10.8. The van der Waals surface area contributed by atoms with E-state index in [1.807, 2.05) is 42.5 Å². The summed E-state index contributed by atoms with van der Waals surface area (Å²) in [5, 5.41) is 0.809. The van der Waals surface area contributed by atoms with Crippen molar-refractivity contribution >= 4 is 22.7 Å². The highest BCUT2D eigenvalue weighted by atomic mass is 16.6. The minimum absolute atomic E-state index is 0.252. The number of ether oxygens (including phenoxy) is 2. The fourth-order valence-corrected chi connectivity index (χ4v) is 2.57. The molecule has 0 saturated heterocycles. The Kier molecular flexibility index (Phi) is 4.84. The predicted molar refractivity (Wildman–Crippen MR) is 94.7 cm³/mol. The van der Waals surface area contributed by atoms with Gasteiger partial charge in [-0.3, -0.25) is 4.79 Å². The van der Waals surface area contributed by atoms with Gasteiger partial charge in [-0.1, -0.05) is 36.4 Å². The molecular weight excluding hydrogens is 318 g/mol. The van der Waals surface area contributed by atoms with Crippen molar-refractivity contribution in [1.82, 2.24) is 4.98 Å². The van der Waals surface area contributed by atoms with E-state index < -0.39 is 18.2 Å². The Labute approximate surface area is 145 Å². The van der Waals surface area contributed by atoms with Crippen LogP contribution in [0.15, 0.2) is 60.8 Å². The third-order valence-electron chi connectivity index (χ3n) is 3.90. The lowest BCUT2D eigenvalue weighted by atomic mass is 10.1. The van der Waals surface area contributed by atoms with Gasteiger partial charge in [-0.2, -0.15) is 0 Å². The first-order chi connectivity index (χ1) is 12.1. The monoisotopic (exact) mass is 337 g/mol. The van der Waals surface area contributed by atoms with Crippen molar-refractivity contribution in [2.45, 2.75) is 26.1 Å². The molecule has 5 nitrogen and oxygen atoms in total. The van der Waals surface area contributed by atoms with Gasteiger partial charge in [0.2, 0.25) is 5.78 Å². The molecule has 0 unspecified atom stereocenters. The number of para-hydroxylation sites is 2. The van der Waals surface area contributed by atoms with Gasteiger partial charge in [-0.05, 0) is 32.0 Å². The third-order valence-corrected chi connectivity index (χ3v) is 3.90. The summed E-state index contributed by atoms with van der Waals surface area (Å²) in [6.07, 6.45) is -0.0597. The highest BCUT2D eigenvalue weighted by molar-refractivity contribution is 6.10. The Morgan fingerprint density at radius 1 is 0.920 bits per heavy atom. The minimum atomic E-state index is -0.895. The summed E-state index contributed by atoms with van der Waals surface area (Å²) in [7, 11) is 0. The van der Waals surface area contributed by atoms with Gasteiger partial charge in [-0.15, -0.1) is 0 Å². The zero-order chi connectivity index (χ0) is 17.8. The summed E-state index contributed by atoms with van der Waals surface area (Å²) in [6.45, 7) is 3.16. The molecule has 0 aliphatic carbocycles. The number of rotatable bonds is 6. The van der Waals surface area contributed by atoms with E-state index in [0.29, 0.717) is 11.3 Å². The van der Waals surface area contributed by atoms with Gasteiger partial charge in [0.15, 0.2) is 12.2 Å². The first kappa shape index (κ1) is 16.8. The van der Waals surface area contributed by atoms with Crippen molar-refractivity contribution in [3.63, 3.8) is 0 Å². The van der Waals surface area contributed by atoms with Crippen LogP contribution in [-0.4, -0.2) is 28.9 Å². The largest absolute Gasteiger partial charge is 0.479 e. The molecule has 0 radical (unpaired) electrons. The van der Waals surface area contributed by atoms with Crippen molar-refractivity contribution < 1.29 is 19.1 Å². The van der Waals surface area contributed by atoms with Gasteiger partial charge < -0.3 is 14.5 Å². The van der Waals surface area contributed by atoms with Gasteiger partial charge in [0.05, 0.1) is 0 Å². The molecule has 0 bridgehead atoms. The number of carbonyl (C=O) groups excluding carboxylic acids is 2. The smallest absolute Gasteiger partial charge is 0.347 e. The second-order valence-electron chi connectivity index (χ2n) is 5.76. The van der Waals surface area contributed by atoms with Crippen LogP contribution < -0.4 is 4.74 Å². The first-order valence-electron chi connectivity index (χ1n) is 8.09. The van der Waals surface area contributed by atoms with Crippen LogP contribution in [0, 0.1) is 0 Å². The summed E-state index contributed by atoms with van der Waals surface area (Å²) in [4.78, 5) is 27.8. The number of H-pyrrole nitrogens is 1. The average Bonchev–Trinajstić information content (AvgIpc) is 3.05. The number of nitrogens with one attached hydrogen (secondary N) is 1. The molecule has 3 rings (SSSR count). The van der Waals surface area contributed by atoms with Crippen molar-refractivity contribution in [3.8, 4) is 5.75 Å². The normalized spacial score (nSPS) is 13.2. The quantitative estimate of drug-likeness (QED) is 0.549. The lowest BCUT2D eigenvalue weighted by molar-refractivity contribution is -0.153. The maximum absolute atomic E-state index is 12.6. The molecule has 0 spiro atoms. The molecule has 25 heavy (non-hydrogen) atoms. The molecule has 1 N–H and O–H groups in total. The molecule has 2 atom stereocenters. The fraction of sp³-hybridized carbons (Fsp3) is 0.200. The molecule has 0 aliphatic heterocycles. The van der Waals surface area contributed by atoms with Crippen molar-refractivity contribution in [2.75, 3.05) is 0 Å². The van der Waals surface area contributed by atoms with Gasteiger partial charge >= 0.3 is 5.97 Å². The topological polar surface area (TPSA) is 68.4 Å². The Hall–Kier alpha value is -3.08. The zero-order valence-electron chi connectivity index (χ0n) is 14.1. The lowest BCUT2D eigenvalue weighted by Gasteiger charge is -2.17. The number of aromatic amines is 1. The van der Waals surface area contributed by atoms with Crippen LogP contribution in [0.1, 0.15) is 24.2 Å². The molecule has 0 saturated carbocycles. The van der Waals surface area contributed by atoms with Crippen LogP contribution in [0.5, 0.6) is 5.75 Å². The van der Waals surface area contributed by atoms with E-state index in [9.17, 15) is 9.59 Å². The SMILES string of the molecule is C[C@H](Oc1ccccc1)C(=O)O[C@@H](C)C(=O)c1c[nH]c2ccccc12. The van der Waals surface area contributed by atoms with Crippen LogP contribution in [-0.2, 0) is 9.53 Å². The van der Waals surface area contributed by atoms with E-state index >= 15 is 0 Å². The highest BCUT2D eigenvalue weighted by Gasteiger charge is 2.25. The summed E-state index contributed by atoms with van der Waals surface area (Å²) in [5.41, 5.74) is 1.37. The summed E-state index contributed by atoms with van der Waals surface area (Å²) in [5.74, 6) is -0.259. The molecule has 2 aromatic carbocycles. The molecule has 1 aromatic heterocycles. The second kappa shape index (κ2) is 7.21. The molecule has 0 amide bonds. The molecule has 0 aliphatic rings. The van der Waals surface area contributed by atoms with E-state index in [0.717, 1.165) is 10.9 Å². The van der Waals surface area contributed by atoms with E-state index in [4.69, 9.17) is 9.47 Å². The third kappa shape index (κ3) is 3.71. The fourth-order valence-electron chi connectivity index (χ4n) is 2.57. The Balaban J connectivity index is 1.65. The molecule has 3 aromatic rings. The molecule has 128 valence electrons. The maximum atomic E-state index is 12.6. The number of fused-ring (bicyclic) bond motifs is 1. The van der Waals surface area contributed by atoms with Crippen LogP contribution in [0.25, 0.3) is 10.9 Å². The highest BCUT2D eigenvalue weighted by Crippen LogP contribution is 2.20. The predicted octanol–water partition coefficient (Wildman–Crippen LogP) is 3.75. The molecular formula is C20H19NO4. The van der Waals surface area contributed by atoms with Gasteiger partial charge in [0.25, 0.3) is 0 Å². The van der Waals surface area contributed by atoms with Crippen molar-refractivity contribution in [3.05, 3.63) is 66.4 Å². The number of benzene rings is 2. The number of carbonyl (C=O) groups is 2. The molecule has 0 fully saturated rings. The van der Waals surface area contributed by atoms with Crippen LogP contribution in [0.3, 0.4) is 0 Å². The molecule has 1 heterocycles. The van der Waals surface area contributed by atoms with Crippen molar-refractivity contribution in [1.29, 1.82) is 0 Å². The van der Waals surface area contributed by atoms with Gasteiger partial charge in [0, 0.05) is 22.7 Å². The van der Waals surface area contributed by atoms with Crippen LogP contribution >= 0.6 is 0 Å². The molecule has 5 heteroatoms. The Bertz CT molecular complexity index is 885. The number of hydrogen-bond donors (Lipinski definition) is 1. The number of Topliss-reactive ketones (excluding diaryl/α,β-unsaturated/α-hetero) is 1.